The molecule has 2 atom stereocenters. The van der Waals surface area contributed by atoms with E-state index in [4.69, 9.17) is 4.74 Å². The summed E-state index contributed by atoms with van der Waals surface area (Å²) in [5.41, 5.74) is 0. The molecule has 2 aliphatic carbocycles. The number of nitrogens with one attached hydrogen (secondary N) is 1. The van der Waals surface area contributed by atoms with Crippen molar-refractivity contribution in [1.29, 1.82) is 0 Å². The number of ether oxygens (including phenoxy) is 1. The number of hydrogen-bond donors (Lipinski definition) is 2. The normalized spacial score (nSPS) is 25.4. The molecule has 0 radical (unpaired) electrons. The fourth-order valence-corrected chi connectivity index (χ4v) is 3.84. The molecule has 3 nitrogen and oxygen atoms in total. The average Bonchev–Trinajstić information content (AvgIpc) is 2.81. The fraction of sp³-hybridized carbons (Fsp3) is 1.00. The van der Waals surface area contributed by atoms with Crippen molar-refractivity contribution in [3.8, 4) is 0 Å². The zero-order valence-electron chi connectivity index (χ0n) is 13.9. The van der Waals surface area contributed by atoms with Crippen LogP contribution >= 0.6 is 0 Å². The molecule has 0 spiro atoms. The Bertz CT molecular complexity index is 258. The van der Waals surface area contributed by atoms with Gasteiger partial charge < -0.3 is 15.2 Å². The van der Waals surface area contributed by atoms with E-state index in [9.17, 15) is 5.11 Å². The van der Waals surface area contributed by atoms with Gasteiger partial charge in [-0.1, -0.05) is 44.9 Å². The van der Waals surface area contributed by atoms with E-state index in [1.807, 2.05) is 0 Å². The van der Waals surface area contributed by atoms with Gasteiger partial charge in [0.15, 0.2) is 0 Å². The molecule has 0 heterocycles. The summed E-state index contributed by atoms with van der Waals surface area (Å²) in [6, 6.07) is 0.521. The summed E-state index contributed by atoms with van der Waals surface area (Å²) in [4.78, 5) is 0. The van der Waals surface area contributed by atoms with Crippen molar-refractivity contribution < 1.29 is 9.84 Å². The second-order valence-corrected chi connectivity index (χ2v) is 7.20. The van der Waals surface area contributed by atoms with E-state index in [0.717, 1.165) is 5.92 Å². The molecule has 124 valence electrons. The molecule has 21 heavy (non-hydrogen) atoms. The van der Waals surface area contributed by atoms with Crippen LogP contribution in [0.15, 0.2) is 0 Å². The lowest BCUT2D eigenvalue weighted by Crippen LogP contribution is -2.40. The van der Waals surface area contributed by atoms with Crippen LogP contribution in [0.2, 0.25) is 0 Å². The summed E-state index contributed by atoms with van der Waals surface area (Å²) in [6.07, 6.45) is 14.6. The Kier molecular flexibility index (Phi) is 8.05. The van der Waals surface area contributed by atoms with Gasteiger partial charge in [0.05, 0.1) is 18.8 Å². The van der Waals surface area contributed by atoms with E-state index >= 15 is 0 Å². The zero-order valence-corrected chi connectivity index (χ0v) is 13.9. The van der Waals surface area contributed by atoms with Crippen molar-refractivity contribution in [1.82, 2.24) is 5.32 Å². The minimum absolute atomic E-state index is 0.361. The SMILES string of the molecule is C[C@@H](NCC(O)COC1CCCCC1)C1CCCCCC1. The monoisotopic (exact) mass is 297 g/mol. The molecule has 1 unspecified atom stereocenters. The average molecular weight is 297 g/mol. The van der Waals surface area contributed by atoms with Crippen LogP contribution in [0.5, 0.6) is 0 Å². The van der Waals surface area contributed by atoms with Gasteiger partial charge in [0.25, 0.3) is 0 Å². The third kappa shape index (κ3) is 6.66. The third-order valence-electron chi connectivity index (χ3n) is 5.36. The molecule has 0 aromatic carbocycles. The summed E-state index contributed by atoms with van der Waals surface area (Å²) in [7, 11) is 0. The minimum Gasteiger partial charge on any atom is -0.389 e. The Morgan fingerprint density at radius 1 is 0.952 bits per heavy atom. The predicted molar refractivity (Wildman–Crippen MR) is 87.5 cm³/mol. The first-order chi connectivity index (χ1) is 10.3. The molecule has 3 heteroatoms. The Balaban J connectivity index is 1.57. The first-order valence-corrected chi connectivity index (χ1v) is 9.28. The Hall–Kier alpha value is -0.120. The number of aliphatic hydroxyl groups is 1. The fourth-order valence-electron chi connectivity index (χ4n) is 3.84. The first kappa shape index (κ1) is 17.2. The van der Waals surface area contributed by atoms with Crippen molar-refractivity contribution in [2.75, 3.05) is 13.2 Å². The molecule has 0 aromatic heterocycles. The van der Waals surface area contributed by atoms with Crippen LogP contribution in [0.3, 0.4) is 0 Å². The molecular formula is C18H35NO2. The van der Waals surface area contributed by atoms with Crippen molar-refractivity contribution in [2.24, 2.45) is 5.92 Å². The second-order valence-electron chi connectivity index (χ2n) is 7.20. The van der Waals surface area contributed by atoms with Gasteiger partial charge in [-0.05, 0) is 38.5 Å². The Morgan fingerprint density at radius 2 is 1.52 bits per heavy atom. The van der Waals surface area contributed by atoms with Crippen LogP contribution in [0.4, 0.5) is 0 Å². The summed E-state index contributed by atoms with van der Waals surface area (Å²) in [6.45, 7) is 3.45. The molecular weight excluding hydrogens is 262 g/mol. The highest BCUT2D eigenvalue weighted by Gasteiger charge is 2.20. The smallest absolute Gasteiger partial charge is 0.0897 e. The molecule has 0 aliphatic heterocycles. The van der Waals surface area contributed by atoms with Gasteiger partial charge in [0.1, 0.15) is 0 Å². The van der Waals surface area contributed by atoms with Crippen LogP contribution in [-0.4, -0.2) is 36.5 Å². The number of rotatable bonds is 7. The molecule has 2 N–H and O–H groups in total. The summed E-state index contributed by atoms with van der Waals surface area (Å²) in [5.74, 6) is 0.791. The van der Waals surface area contributed by atoms with E-state index in [2.05, 4.69) is 12.2 Å². The summed E-state index contributed by atoms with van der Waals surface area (Å²) < 4.78 is 5.85. The van der Waals surface area contributed by atoms with Crippen LogP contribution < -0.4 is 5.32 Å². The number of hydrogen-bond acceptors (Lipinski definition) is 3. The van der Waals surface area contributed by atoms with Crippen LogP contribution in [0, 0.1) is 5.92 Å². The van der Waals surface area contributed by atoms with Crippen molar-refractivity contribution in [3.63, 3.8) is 0 Å². The lowest BCUT2D eigenvalue weighted by atomic mass is 9.93. The van der Waals surface area contributed by atoms with Crippen LogP contribution in [0.1, 0.15) is 77.6 Å². The van der Waals surface area contributed by atoms with Crippen molar-refractivity contribution in [3.05, 3.63) is 0 Å². The van der Waals surface area contributed by atoms with Crippen molar-refractivity contribution >= 4 is 0 Å². The largest absolute Gasteiger partial charge is 0.389 e. The third-order valence-corrected chi connectivity index (χ3v) is 5.36. The molecule has 0 amide bonds. The second kappa shape index (κ2) is 9.81. The van der Waals surface area contributed by atoms with E-state index in [1.165, 1.54) is 70.6 Å². The number of aliphatic hydroxyl groups excluding tert-OH is 1. The van der Waals surface area contributed by atoms with Gasteiger partial charge >= 0.3 is 0 Å². The van der Waals surface area contributed by atoms with Gasteiger partial charge in [-0.3, -0.25) is 0 Å². The van der Waals surface area contributed by atoms with E-state index < -0.39 is 0 Å². The standard InChI is InChI=1S/C18H35NO2/c1-15(16-9-5-2-3-6-10-16)19-13-17(20)14-21-18-11-7-4-8-12-18/h15-20H,2-14H2,1H3/t15-,17?/m1/s1. The Labute approximate surface area is 130 Å². The van der Waals surface area contributed by atoms with Gasteiger partial charge in [-0.15, -0.1) is 0 Å². The minimum atomic E-state index is -0.361. The van der Waals surface area contributed by atoms with Gasteiger partial charge in [0.2, 0.25) is 0 Å². The first-order valence-electron chi connectivity index (χ1n) is 9.28. The van der Waals surface area contributed by atoms with E-state index in [1.54, 1.807) is 0 Å². The van der Waals surface area contributed by atoms with Crippen LogP contribution in [0.25, 0.3) is 0 Å². The lowest BCUT2D eigenvalue weighted by molar-refractivity contribution is -0.0239. The molecule has 2 saturated carbocycles. The van der Waals surface area contributed by atoms with E-state index in [-0.39, 0.29) is 6.10 Å². The highest BCUT2D eigenvalue weighted by molar-refractivity contribution is 4.76. The molecule has 2 aliphatic rings. The predicted octanol–water partition coefficient (Wildman–Crippen LogP) is 3.65. The zero-order chi connectivity index (χ0) is 14.9. The van der Waals surface area contributed by atoms with Crippen LogP contribution in [-0.2, 0) is 4.74 Å². The summed E-state index contributed by atoms with van der Waals surface area (Å²) >= 11 is 0. The molecule has 0 saturated heterocycles. The maximum Gasteiger partial charge on any atom is 0.0897 e. The quantitative estimate of drug-likeness (QED) is 0.705. The lowest BCUT2D eigenvalue weighted by Gasteiger charge is -2.26. The molecule has 0 bridgehead atoms. The maximum absolute atomic E-state index is 10.1. The van der Waals surface area contributed by atoms with E-state index in [0.29, 0.717) is 25.3 Å². The van der Waals surface area contributed by atoms with Gasteiger partial charge in [0, 0.05) is 12.6 Å². The topological polar surface area (TPSA) is 41.5 Å². The highest BCUT2D eigenvalue weighted by atomic mass is 16.5. The summed E-state index contributed by atoms with van der Waals surface area (Å²) in [5, 5.41) is 13.6. The molecule has 2 fully saturated rings. The van der Waals surface area contributed by atoms with Crippen molar-refractivity contribution in [2.45, 2.75) is 95.8 Å². The van der Waals surface area contributed by atoms with Gasteiger partial charge in [-0.2, -0.15) is 0 Å². The molecule has 2 rings (SSSR count). The highest BCUT2D eigenvalue weighted by Crippen LogP contribution is 2.25. The van der Waals surface area contributed by atoms with Gasteiger partial charge in [-0.25, -0.2) is 0 Å². The molecule has 0 aromatic rings. The maximum atomic E-state index is 10.1. The Morgan fingerprint density at radius 3 is 2.19 bits per heavy atom.